The van der Waals surface area contributed by atoms with Gasteiger partial charge in [0.15, 0.2) is 0 Å². The molecule has 1 heterocycles. The molecule has 1 unspecified atom stereocenters. The minimum atomic E-state index is -0.303. The first-order valence-corrected chi connectivity index (χ1v) is 10.4. The molecule has 174 valence electrons. The highest BCUT2D eigenvalue weighted by atomic mass is 16.5. The van der Waals surface area contributed by atoms with Crippen LogP contribution in [0.1, 0.15) is 28.2 Å². The van der Waals surface area contributed by atoms with Crippen LogP contribution < -0.4 is 33.2 Å². The topological polar surface area (TPSA) is 64.6 Å². The second kappa shape index (κ2) is 9.40. The molecule has 0 saturated heterocycles. The van der Waals surface area contributed by atoms with E-state index in [-0.39, 0.29) is 5.92 Å². The van der Waals surface area contributed by atoms with E-state index in [1.165, 1.54) is 0 Å². The fraction of sp³-hybridized carbons (Fsp3) is 0.308. The first-order valence-electron chi connectivity index (χ1n) is 10.4. The van der Waals surface area contributed by atoms with E-state index in [9.17, 15) is 0 Å². The average molecular weight is 453 g/mol. The summed E-state index contributed by atoms with van der Waals surface area (Å²) in [6.45, 7) is 0.323. The number of fused-ring (bicyclic) bond motifs is 2. The van der Waals surface area contributed by atoms with Crippen LogP contribution in [0.3, 0.4) is 0 Å². The number of hydrogen-bond acceptors (Lipinski definition) is 7. The van der Waals surface area contributed by atoms with E-state index < -0.39 is 0 Å². The molecular weight excluding hydrogens is 424 g/mol. The average Bonchev–Trinajstić information content (AvgIpc) is 3.03. The second-order valence-electron chi connectivity index (χ2n) is 7.51. The lowest BCUT2D eigenvalue weighted by molar-refractivity contribution is 0.299. The molecule has 0 fully saturated rings. The van der Waals surface area contributed by atoms with E-state index in [0.717, 1.165) is 22.3 Å². The number of benzene rings is 3. The highest BCUT2D eigenvalue weighted by Gasteiger charge is 2.34. The van der Waals surface area contributed by atoms with Gasteiger partial charge in [0, 0.05) is 46.9 Å². The number of rotatable bonds is 7. The summed E-state index contributed by atoms with van der Waals surface area (Å²) in [5.74, 6) is 4.37. The van der Waals surface area contributed by atoms with Gasteiger partial charge >= 0.3 is 0 Å². The SMILES string of the molecule is COc1cc(OC)cc(C2c3c(cc(OC)cc3OC)COc3cc(OC)cc(OC)c32)c1. The Labute approximate surface area is 193 Å². The molecule has 0 aromatic heterocycles. The van der Waals surface area contributed by atoms with Gasteiger partial charge in [0.1, 0.15) is 46.9 Å². The van der Waals surface area contributed by atoms with Crippen LogP contribution in [0.15, 0.2) is 42.5 Å². The molecule has 0 radical (unpaired) electrons. The van der Waals surface area contributed by atoms with E-state index in [1.807, 2.05) is 42.5 Å². The van der Waals surface area contributed by atoms with Crippen molar-refractivity contribution in [3.05, 3.63) is 64.7 Å². The van der Waals surface area contributed by atoms with Crippen LogP contribution in [0.25, 0.3) is 0 Å². The molecule has 0 amide bonds. The molecule has 4 rings (SSSR count). The maximum Gasteiger partial charge on any atom is 0.131 e. The molecule has 1 aliphatic rings. The normalized spacial score (nSPS) is 14.2. The van der Waals surface area contributed by atoms with Gasteiger partial charge in [-0.05, 0) is 23.8 Å². The maximum absolute atomic E-state index is 6.29. The third-order valence-electron chi connectivity index (χ3n) is 5.86. The lowest BCUT2D eigenvalue weighted by atomic mass is 9.81. The predicted octanol–water partition coefficient (Wildman–Crippen LogP) is 4.81. The molecule has 0 bridgehead atoms. The Hall–Kier alpha value is -3.74. The van der Waals surface area contributed by atoms with Gasteiger partial charge in [0.05, 0.1) is 42.7 Å². The second-order valence-corrected chi connectivity index (χ2v) is 7.51. The summed E-state index contributed by atoms with van der Waals surface area (Å²) in [5.41, 5.74) is 3.69. The van der Waals surface area contributed by atoms with Crippen LogP contribution in [0.4, 0.5) is 0 Å². The van der Waals surface area contributed by atoms with Crippen molar-refractivity contribution in [3.63, 3.8) is 0 Å². The quantitative estimate of drug-likeness (QED) is 0.510. The minimum absolute atomic E-state index is 0.303. The Balaban J connectivity index is 2.09. The summed E-state index contributed by atoms with van der Waals surface area (Å²) in [7, 11) is 9.79. The molecule has 3 aromatic rings. The van der Waals surface area contributed by atoms with Crippen molar-refractivity contribution in [2.45, 2.75) is 12.5 Å². The summed E-state index contributed by atoms with van der Waals surface area (Å²) in [4.78, 5) is 0. The molecule has 0 spiro atoms. The summed E-state index contributed by atoms with van der Waals surface area (Å²) in [6, 6.07) is 13.4. The molecule has 0 aliphatic carbocycles. The Morgan fingerprint density at radius 1 is 0.576 bits per heavy atom. The van der Waals surface area contributed by atoms with Crippen molar-refractivity contribution in [3.8, 4) is 40.2 Å². The van der Waals surface area contributed by atoms with Crippen molar-refractivity contribution in [1.82, 2.24) is 0 Å². The molecule has 7 nitrogen and oxygen atoms in total. The van der Waals surface area contributed by atoms with Gasteiger partial charge in [-0.25, -0.2) is 0 Å². The minimum Gasteiger partial charge on any atom is -0.497 e. The summed E-state index contributed by atoms with van der Waals surface area (Å²) in [5, 5.41) is 0. The van der Waals surface area contributed by atoms with Gasteiger partial charge in [0.25, 0.3) is 0 Å². The summed E-state index contributed by atoms with van der Waals surface area (Å²) in [6.07, 6.45) is 0. The van der Waals surface area contributed by atoms with Gasteiger partial charge in [-0.3, -0.25) is 0 Å². The molecule has 0 N–H and O–H groups in total. The number of methoxy groups -OCH3 is 6. The first kappa shape index (κ1) is 22.5. The van der Waals surface area contributed by atoms with Gasteiger partial charge in [-0.1, -0.05) is 0 Å². The van der Waals surface area contributed by atoms with Gasteiger partial charge < -0.3 is 33.2 Å². The number of hydrogen-bond donors (Lipinski definition) is 0. The van der Waals surface area contributed by atoms with E-state index in [0.29, 0.717) is 46.9 Å². The van der Waals surface area contributed by atoms with Crippen molar-refractivity contribution in [2.24, 2.45) is 0 Å². The van der Waals surface area contributed by atoms with Crippen LogP contribution in [0.5, 0.6) is 40.2 Å². The lowest BCUT2D eigenvalue weighted by Gasteiger charge is -2.25. The van der Waals surface area contributed by atoms with Crippen LogP contribution in [0.2, 0.25) is 0 Å². The lowest BCUT2D eigenvalue weighted by Crippen LogP contribution is -2.09. The van der Waals surface area contributed by atoms with Gasteiger partial charge in [-0.2, -0.15) is 0 Å². The van der Waals surface area contributed by atoms with Crippen molar-refractivity contribution in [1.29, 1.82) is 0 Å². The van der Waals surface area contributed by atoms with Crippen molar-refractivity contribution >= 4 is 0 Å². The Morgan fingerprint density at radius 3 is 1.64 bits per heavy atom. The molecule has 1 aliphatic heterocycles. The Bertz CT molecular complexity index is 1070. The van der Waals surface area contributed by atoms with Gasteiger partial charge in [0.2, 0.25) is 0 Å². The largest absolute Gasteiger partial charge is 0.497 e. The zero-order valence-electron chi connectivity index (χ0n) is 19.7. The summed E-state index contributed by atoms with van der Waals surface area (Å²) < 4.78 is 40.1. The third-order valence-corrected chi connectivity index (χ3v) is 5.86. The highest BCUT2D eigenvalue weighted by molar-refractivity contribution is 5.65. The molecule has 33 heavy (non-hydrogen) atoms. The predicted molar refractivity (Wildman–Crippen MR) is 124 cm³/mol. The van der Waals surface area contributed by atoms with Crippen LogP contribution >= 0.6 is 0 Å². The van der Waals surface area contributed by atoms with E-state index in [1.54, 1.807) is 42.7 Å². The van der Waals surface area contributed by atoms with Crippen LogP contribution in [-0.4, -0.2) is 42.7 Å². The fourth-order valence-electron chi connectivity index (χ4n) is 4.29. The maximum atomic E-state index is 6.29. The fourth-order valence-corrected chi connectivity index (χ4v) is 4.29. The first-order chi connectivity index (χ1) is 16.1. The van der Waals surface area contributed by atoms with Crippen LogP contribution in [-0.2, 0) is 6.61 Å². The standard InChI is InChI=1S/C26H28O7/c1-27-17-7-15(8-18(10-17)28-2)25-24-16(9-19(29-3)11-21(24)31-5)14-33-23-13-20(30-4)12-22(32-6)26(23)25/h7-13,25H,14H2,1-6H3. The van der Waals surface area contributed by atoms with E-state index in [2.05, 4.69) is 0 Å². The number of ether oxygens (including phenoxy) is 7. The van der Waals surface area contributed by atoms with Crippen molar-refractivity contribution in [2.75, 3.05) is 42.7 Å². The molecule has 7 heteroatoms. The third kappa shape index (κ3) is 4.06. The van der Waals surface area contributed by atoms with E-state index >= 15 is 0 Å². The zero-order valence-corrected chi connectivity index (χ0v) is 19.7. The molecule has 3 aromatic carbocycles. The van der Waals surface area contributed by atoms with Gasteiger partial charge in [-0.15, -0.1) is 0 Å². The molecule has 1 atom stereocenters. The zero-order chi connectivity index (χ0) is 23.5. The Kier molecular flexibility index (Phi) is 6.40. The van der Waals surface area contributed by atoms with Crippen LogP contribution in [0, 0.1) is 0 Å². The van der Waals surface area contributed by atoms with Crippen molar-refractivity contribution < 1.29 is 33.2 Å². The smallest absolute Gasteiger partial charge is 0.131 e. The monoisotopic (exact) mass is 452 g/mol. The Morgan fingerprint density at radius 2 is 1.09 bits per heavy atom. The summed E-state index contributed by atoms with van der Waals surface area (Å²) >= 11 is 0. The molecule has 0 saturated carbocycles. The van der Waals surface area contributed by atoms with E-state index in [4.69, 9.17) is 33.2 Å². The highest BCUT2D eigenvalue weighted by Crippen LogP contribution is 2.51. The molecular formula is C26H28O7.